The van der Waals surface area contributed by atoms with Crippen molar-refractivity contribution in [1.82, 2.24) is 9.62 Å². The summed E-state index contributed by atoms with van der Waals surface area (Å²) in [5.41, 5.74) is 3.01. The second-order valence-corrected chi connectivity index (χ2v) is 9.37. The first-order valence-corrected chi connectivity index (χ1v) is 11.7. The number of halogens is 1. The summed E-state index contributed by atoms with van der Waals surface area (Å²) in [6, 6.07) is 22.7. The fourth-order valence-electron chi connectivity index (χ4n) is 3.37. The highest BCUT2D eigenvalue weighted by atomic mass is 32.2. The molecule has 5 nitrogen and oxygen atoms in total. The normalized spacial score (nSPS) is 12.5. The Bertz CT molecular complexity index is 1150. The van der Waals surface area contributed by atoms with E-state index in [4.69, 9.17) is 0 Å². The number of nitrogens with one attached hydrogen (secondary N) is 1. The lowest BCUT2D eigenvalue weighted by atomic mass is 9.95. The molecule has 1 atom stereocenters. The van der Waals surface area contributed by atoms with Crippen LogP contribution in [0.4, 0.5) is 4.39 Å². The van der Waals surface area contributed by atoms with Crippen molar-refractivity contribution in [3.05, 3.63) is 107 Å². The molecular formula is C24H25FN2O3S. The van der Waals surface area contributed by atoms with Crippen LogP contribution in [-0.4, -0.2) is 31.4 Å². The van der Waals surface area contributed by atoms with E-state index in [0.29, 0.717) is 0 Å². The van der Waals surface area contributed by atoms with Crippen molar-refractivity contribution >= 4 is 15.9 Å². The third kappa shape index (κ3) is 5.99. The van der Waals surface area contributed by atoms with Gasteiger partial charge in [0.1, 0.15) is 5.82 Å². The highest BCUT2D eigenvalue weighted by molar-refractivity contribution is 7.88. The molecule has 0 saturated heterocycles. The van der Waals surface area contributed by atoms with E-state index in [0.717, 1.165) is 27.3 Å². The number of carbonyl (C=O) groups is 1. The Labute approximate surface area is 182 Å². The highest BCUT2D eigenvalue weighted by Crippen LogP contribution is 2.25. The van der Waals surface area contributed by atoms with Gasteiger partial charge in [0.25, 0.3) is 0 Å². The molecule has 3 aromatic carbocycles. The fraction of sp³-hybridized carbons (Fsp3) is 0.208. The van der Waals surface area contributed by atoms with Crippen LogP contribution in [0, 0.1) is 12.7 Å². The van der Waals surface area contributed by atoms with E-state index < -0.39 is 34.3 Å². The zero-order chi connectivity index (χ0) is 22.4. The number of nitrogens with zero attached hydrogens (tertiary/aromatic N) is 1. The number of hydrogen-bond acceptors (Lipinski definition) is 3. The van der Waals surface area contributed by atoms with E-state index >= 15 is 0 Å². The van der Waals surface area contributed by atoms with Crippen LogP contribution >= 0.6 is 0 Å². The van der Waals surface area contributed by atoms with Crippen LogP contribution in [0.25, 0.3) is 0 Å². The minimum atomic E-state index is -3.74. The van der Waals surface area contributed by atoms with Gasteiger partial charge in [0.2, 0.25) is 15.9 Å². The average Bonchev–Trinajstić information content (AvgIpc) is 2.73. The lowest BCUT2D eigenvalue weighted by Gasteiger charge is -2.24. The number of aryl methyl sites for hydroxylation is 1. The molecule has 0 aliphatic heterocycles. The topological polar surface area (TPSA) is 66.5 Å². The average molecular weight is 441 g/mol. The highest BCUT2D eigenvalue weighted by Gasteiger charge is 2.24. The van der Waals surface area contributed by atoms with Crippen LogP contribution in [0.2, 0.25) is 0 Å². The number of rotatable bonds is 8. The van der Waals surface area contributed by atoms with Gasteiger partial charge in [-0.05, 0) is 29.7 Å². The summed E-state index contributed by atoms with van der Waals surface area (Å²) in [4.78, 5) is 12.9. The summed E-state index contributed by atoms with van der Waals surface area (Å²) in [5, 5.41) is 2.95. The van der Waals surface area contributed by atoms with E-state index in [1.807, 2.05) is 61.5 Å². The van der Waals surface area contributed by atoms with Crippen LogP contribution in [0.15, 0.2) is 78.9 Å². The molecule has 0 saturated carbocycles. The number of hydrogen-bond donors (Lipinski definition) is 1. The van der Waals surface area contributed by atoms with Gasteiger partial charge in [-0.2, -0.15) is 4.31 Å². The third-order valence-electron chi connectivity index (χ3n) is 5.03. The molecule has 0 aliphatic rings. The Morgan fingerprint density at radius 3 is 2.23 bits per heavy atom. The van der Waals surface area contributed by atoms with Gasteiger partial charge in [-0.15, -0.1) is 0 Å². The van der Waals surface area contributed by atoms with Gasteiger partial charge in [0.15, 0.2) is 0 Å². The molecule has 162 valence electrons. The molecule has 3 aromatic rings. The van der Waals surface area contributed by atoms with Gasteiger partial charge < -0.3 is 5.32 Å². The standard InChI is InChI=1S/C24H25FN2O3S/c1-18-10-6-8-14-21(18)24(19-11-4-3-5-12-19)26-23(28)17-27(31(2,29)30)16-20-13-7-9-15-22(20)25/h3-15,24H,16-17H2,1-2H3,(H,26,28)/t24-/m0/s1. The van der Waals surface area contributed by atoms with E-state index in [1.54, 1.807) is 6.07 Å². The zero-order valence-corrected chi connectivity index (χ0v) is 18.3. The lowest BCUT2D eigenvalue weighted by Crippen LogP contribution is -2.41. The molecule has 0 radical (unpaired) electrons. The Morgan fingerprint density at radius 1 is 0.968 bits per heavy atom. The second kappa shape index (κ2) is 9.85. The predicted molar refractivity (Wildman–Crippen MR) is 119 cm³/mol. The number of carbonyl (C=O) groups excluding carboxylic acids is 1. The molecule has 0 aromatic heterocycles. The largest absolute Gasteiger partial charge is 0.344 e. The molecule has 0 unspecified atom stereocenters. The Morgan fingerprint density at radius 2 is 1.58 bits per heavy atom. The molecule has 7 heteroatoms. The SMILES string of the molecule is Cc1ccccc1[C@@H](NC(=O)CN(Cc1ccccc1F)S(C)(=O)=O)c1ccccc1. The summed E-state index contributed by atoms with van der Waals surface area (Å²) < 4.78 is 39.6. The van der Waals surface area contributed by atoms with E-state index in [1.165, 1.54) is 18.2 Å². The number of sulfonamides is 1. The van der Waals surface area contributed by atoms with Crippen molar-refractivity contribution in [3.63, 3.8) is 0 Å². The van der Waals surface area contributed by atoms with Crippen molar-refractivity contribution in [2.45, 2.75) is 19.5 Å². The summed E-state index contributed by atoms with van der Waals surface area (Å²) in [7, 11) is -3.74. The first kappa shape index (κ1) is 22.7. The summed E-state index contributed by atoms with van der Waals surface area (Å²) in [6.07, 6.45) is 1.01. The van der Waals surface area contributed by atoms with Gasteiger partial charge >= 0.3 is 0 Å². The van der Waals surface area contributed by atoms with E-state index in [-0.39, 0.29) is 12.1 Å². The van der Waals surface area contributed by atoms with Crippen LogP contribution in [0.1, 0.15) is 28.3 Å². The van der Waals surface area contributed by atoms with Crippen LogP contribution in [-0.2, 0) is 21.4 Å². The predicted octanol–water partition coefficient (Wildman–Crippen LogP) is 3.80. The molecule has 0 fully saturated rings. The molecule has 0 heterocycles. The van der Waals surface area contributed by atoms with Gasteiger partial charge in [0, 0.05) is 12.1 Å². The van der Waals surface area contributed by atoms with Crippen molar-refractivity contribution in [1.29, 1.82) is 0 Å². The molecule has 1 amide bonds. The van der Waals surface area contributed by atoms with Crippen LogP contribution in [0.5, 0.6) is 0 Å². The first-order chi connectivity index (χ1) is 14.8. The molecule has 31 heavy (non-hydrogen) atoms. The Kier molecular flexibility index (Phi) is 7.20. The van der Waals surface area contributed by atoms with Crippen molar-refractivity contribution in [3.8, 4) is 0 Å². The summed E-state index contributed by atoms with van der Waals surface area (Å²) in [6.45, 7) is 1.32. The zero-order valence-electron chi connectivity index (χ0n) is 17.5. The smallest absolute Gasteiger partial charge is 0.236 e. The lowest BCUT2D eigenvalue weighted by molar-refractivity contribution is -0.121. The Balaban J connectivity index is 1.85. The number of benzene rings is 3. The van der Waals surface area contributed by atoms with Crippen molar-refractivity contribution < 1.29 is 17.6 Å². The third-order valence-corrected chi connectivity index (χ3v) is 6.23. The van der Waals surface area contributed by atoms with Crippen LogP contribution in [0.3, 0.4) is 0 Å². The number of amides is 1. The molecule has 0 aliphatic carbocycles. The molecule has 0 spiro atoms. The van der Waals surface area contributed by atoms with Gasteiger partial charge in [-0.25, -0.2) is 12.8 Å². The van der Waals surface area contributed by atoms with Crippen molar-refractivity contribution in [2.75, 3.05) is 12.8 Å². The van der Waals surface area contributed by atoms with Crippen molar-refractivity contribution in [2.24, 2.45) is 0 Å². The quantitative estimate of drug-likeness (QED) is 0.579. The van der Waals surface area contributed by atoms with E-state index in [2.05, 4.69) is 5.32 Å². The minimum Gasteiger partial charge on any atom is -0.344 e. The molecule has 0 bridgehead atoms. The van der Waals surface area contributed by atoms with E-state index in [9.17, 15) is 17.6 Å². The maximum atomic E-state index is 14.1. The maximum absolute atomic E-state index is 14.1. The van der Waals surface area contributed by atoms with Gasteiger partial charge in [-0.1, -0.05) is 72.8 Å². The monoisotopic (exact) mass is 440 g/mol. The van der Waals surface area contributed by atoms with Gasteiger partial charge in [-0.3, -0.25) is 4.79 Å². The molecule has 3 rings (SSSR count). The second-order valence-electron chi connectivity index (χ2n) is 7.39. The van der Waals surface area contributed by atoms with Gasteiger partial charge in [0.05, 0.1) is 18.8 Å². The first-order valence-electron chi connectivity index (χ1n) is 9.84. The summed E-state index contributed by atoms with van der Waals surface area (Å²) >= 11 is 0. The Hall–Kier alpha value is -3.03. The molecular weight excluding hydrogens is 415 g/mol. The minimum absolute atomic E-state index is 0.208. The van der Waals surface area contributed by atoms with Crippen LogP contribution < -0.4 is 5.32 Å². The molecule has 1 N–H and O–H groups in total. The maximum Gasteiger partial charge on any atom is 0.236 e. The fourth-order valence-corrected chi connectivity index (χ4v) is 4.10. The summed E-state index contributed by atoms with van der Waals surface area (Å²) in [5.74, 6) is -0.988.